The molecule has 1 unspecified atom stereocenters. The summed E-state index contributed by atoms with van der Waals surface area (Å²) in [6, 6.07) is 0.676. The molecule has 3 rings (SSSR count). The number of amides is 2. The molecule has 1 N–H and O–H groups in total. The first-order chi connectivity index (χ1) is 13.6. The first-order valence-electron chi connectivity index (χ1n) is 10.3. The van der Waals surface area contributed by atoms with Gasteiger partial charge in [0.2, 0.25) is 11.7 Å². The fourth-order valence-electron chi connectivity index (χ4n) is 4.08. The van der Waals surface area contributed by atoms with Crippen molar-refractivity contribution >= 4 is 11.8 Å². The van der Waals surface area contributed by atoms with Crippen molar-refractivity contribution in [3.8, 4) is 6.01 Å². The van der Waals surface area contributed by atoms with E-state index in [1.807, 2.05) is 0 Å². The van der Waals surface area contributed by atoms with Crippen molar-refractivity contribution in [1.29, 1.82) is 0 Å². The lowest BCUT2D eigenvalue weighted by Gasteiger charge is -2.35. The summed E-state index contributed by atoms with van der Waals surface area (Å²) in [5.41, 5.74) is 0. The van der Waals surface area contributed by atoms with Gasteiger partial charge in [-0.15, -0.1) is 5.10 Å². The molecule has 3 heterocycles. The van der Waals surface area contributed by atoms with E-state index in [0.717, 1.165) is 38.8 Å². The summed E-state index contributed by atoms with van der Waals surface area (Å²) in [5.74, 6) is 0.0879. The zero-order valence-corrected chi connectivity index (χ0v) is 17.0. The van der Waals surface area contributed by atoms with Crippen LogP contribution in [0.25, 0.3) is 0 Å². The topological polar surface area (TPSA) is 92.6 Å². The smallest absolute Gasteiger partial charge is 0.314 e. The van der Waals surface area contributed by atoms with Crippen LogP contribution in [0.2, 0.25) is 0 Å². The fraction of sp³-hybridized carbons (Fsp3) is 0.789. The van der Waals surface area contributed by atoms with Gasteiger partial charge in [-0.25, -0.2) is 4.68 Å². The van der Waals surface area contributed by atoms with Gasteiger partial charge < -0.3 is 15.0 Å². The minimum Gasteiger partial charge on any atom is -0.467 e. The van der Waals surface area contributed by atoms with Crippen LogP contribution in [0.5, 0.6) is 6.01 Å². The van der Waals surface area contributed by atoms with Gasteiger partial charge in [-0.3, -0.25) is 14.5 Å². The Balaban J connectivity index is 1.65. The fourth-order valence-corrected chi connectivity index (χ4v) is 4.08. The molecule has 1 aromatic rings. The van der Waals surface area contributed by atoms with E-state index in [4.69, 9.17) is 4.74 Å². The number of aromatic nitrogens is 3. The standard InChI is InChI=1S/C19H32N6O3/c1-23-19(28-2)21-17(22-23)18(27)25-12-6-5-11-24-10-4-3-8-15(24)14-16(26)20-9-7-13-25/h15H,3-14H2,1-2H3,(H,20,26). The van der Waals surface area contributed by atoms with Crippen LogP contribution >= 0.6 is 0 Å². The van der Waals surface area contributed by atoms with E-state index in [1.54, 1.807) is 11.9 Å². The molecule has 28 heavy (non-hydrogen) atoms. The molecule has 2 saturated heterocycles. The second-order valence-corrected chi connectivity index (χ2v) is 7.64. The van der Waals surface area contributed by atoms with E-state index in [1.165, 1.54) is 24.6 Å². The van der Waals surface area contributed by atoms with Gasteiger partial charge in [0.1, 0.15) is 0 Å². The quantitative estimate of drug-likeness (QED) is 0.801. The molecule has 0 saturated carbocycles. The summed E-state index contributed by atoms with van der Waals surface area (Å²) in [5, 5.41) is 7.20. The maximum Gasteiger partial charge on any atom is 0.314 e. The highest BCUT2D eigenvalue weighted by molar-refractivity contribution is 5.90. The Morgan fingerprint density at radius 2 is 1.82 bits per heavy atom. The summed E-state index contributed by atoms with van der Waals surface area (Å²) in [6.45, 7) is 3.88. The van der Waals surface area contributed by atoms with Crippen LogP contribution in [-0.2, 0) is 11.8 Å². The number of hydrogen-bond acceptors (Lipinski definition) is 6. The average Bonchev–Trinajstić information content (AvgIpc) is 3.08. The third-order valence-electron chi connectivity index (χ3n) is 5.60. The van der Waals surface area contributed by atoms with Gasteiger partial charge >= 0.3 is 6.01 Å². The Hall–Kier alpha value is -2.16. The molecule has 0 bridgehead atoms. The van der Waals surface area contributed by atoms with E-state index >= 15 is 0 Å². The number of rotatable bonds is 2. The van der Waals surface area contributed by atoms with Crippen LogP contribution in [0, 0.1) is 0 Å². The molecule has 2 amide bonds. The van der Waals surface area contributed by atoms with Crippen molar-refractivity contribution in [3.63, 3.8) is 0 Å². The predicted octanol–water partition coefficient (Wildman–Crippen LogP) is 0.811. The molecule has 0 radical (unpaired) electrons. The van der Waals surface area contributed by atoms with Crippen molar-refractivity contribution < 1.29 is 14.3 Å². The molecule has 0 aliphatic carbocycles. The molecular formula is C19H32N6O3. The molecule has 0 spiro atoms. The van der Waals surface area contributed by atoms with E-state index in [2.05, 4.69) is 20.3 Å². The minimum atomic E-state index is -0.184. The minimum absolute atomic E-state index is 0.116. The van der Waals surface area contributed by atoms with Crippen molar-refractivity contribution in [2.45, 2.75) is 51.0 Å². The van der Waals surface area contributed by atoms with Gasteiger partial charge in [-0.2, -0.15) is 4.98 Å². The zero-order chi connectivity index (χ0) is 19.9. The van der Waals surface area contributed by atoms with Gasteiger partial charge in [-0.05, 0) is 45.2 Å². The number of piperidine rings is 1. The largest absolute Gasteiger partial charge is 0.467 e. The van der Waals surface area contributed by atoms with E-state index in [-0.39, 0.29) is 17.6 Å². The van der Waals surface area contributed by atoms with Crippen LogP contribution in [0.1, 0.15) is 55.6 Å². The SMILES string of the molecule is COc1nc(C(=O)N2CCCCN3CCCCC3CC(=O)NCCC2)nn1C. The number of carbonyl (C=O) groups excluding carboxylic acids is 2. The molecule has 1 aromatic heterocycles. The zero-order valence-electron chi connectivity index (χ0n) is 17.0. The Kier molecular flexibility index (Phi) is 7.24. The lowest BCUT2D eigenvalue weighted by Crippen LogP contribution is -2.43. The number of fused-ring (bicyclic) bond motifs is 1. The number of aryl methyl sites for hydroxylation is 1. The van der Waals surface area contributed by atoms with Crippen molar-refractivity contribution in [2.75, 3.05) is 39.8 Å². The highest BCUT2D eigenvalue weighted by atomic mass is 16.5. The summed E-state index contributed by atoms with van der Waals surface area (Å²) >= 11 is 0. The third kappa shape index (κ3) is 5.21. The lowest BCUT2D eigenvalue weighted by molar-refractivity contribution is -0.122. The van der Waals surface area contributed by atoms with Crippen LogP contribution in [0.15, 0.2) is 0 Å². The molecular weight excluding hydrogens is 360 g/mol. The maximum absolute atomic E-state index is 12.9. The molecule has 9 heteroatoms. The van der Waals surface area contributed by atoms with Crippen LogP contribution in [0.3, 0.4) is 0 Å². The molecule has 1 atom stereocenters. The normalized spacial score (nSPS) is 23.0. The van der Waals surface area contributed by atoms with Gasteiger partial charge in [0, 0.05) is 39.1 Å². The molecule has 9 nitrogen and oxygen atoms in total. The third-order valence-corrected chi connectivity index (χ3v) is 5.60. The van der Waals surface area contributed by atoms with Crippen molar-refractivity contribution in [3.05, 3.63) is 5.82 Å². The molecule has 2 aliphatic heterocycles. The Morgan fingerprint density at radius 1 is 1.11 bits per heavy atom. The number of nitrogens with one attached hydrogen (secondary N) is 1. The van der Waals surface area contributed by atoms with Gasteiger partial charge in [0.05, 0.1) is 7.11 Å². The highest BCUT2D eigenvalue weighted by Crippen LogP contribution is 2.20. The summed E-state index contributed by atoms with van der Waals surface area (Å²) in [7, 11) is 3.21. The van der Waals surface area contributed by atoms with Crippen LogP contribution < -0.4 is 10.1 Å². The summed E-state index contributed by atoms with van der Waals surface area (Å²) in [4.78, 5) is 33.6. The van der Waals surface area contributed by atoms with E-state index < -0.39 is 0 Å². The van der Waals surface area contributed by atoms with Crippen molar-refractivity contribution in [1.82, 2.24) is 29.9 Å². The summed E-state index contributed by atoms with van der Waals surface area (Å²) < 4.78 is 6.58. The monoisotopic (exact) mass is 392 g/mol. The average molecular weight is 393 g/mol. The number of ether oxygens (including phenoxy) is 1. The Labute approximate surface area is 166 Å². The Bertz CT molecular complexity index is 677. The maximum atomic E-state index is 12.9. The number of methoxy groups -OCH3 is 1. The Morgan fingerprint density at radius 3 is 2.57 bits per heavy atom. The number of nitrogens with zero attached hydrogens (tertiary/aromatic N) is 5. The van der Waals surface area contributed by atoms with Gasteiger partial charge in [0.25, 0.3) is 5.91 Å². The first-order valence-corrected chi connectivity index (χ1v) is 10.3. The molecule has 156 valence electrons. The summed E-state index contributed by atoms with van der Waals surface area (Å²) in [6.07, 6.45) is 6.76. The van der Waals surface area contributed by atoms with E-state index in [9.17, 15) is 9.59 Å². The second-order valence-electron chi connectivity index (χ2n) is 7.64. The predicted molar refractivity (Wildman–Crippen MR) is 104 cm³/mol. The van der Waals surface area contributed by atoms with Crippen LogP contribution in [-0.4, -0.2) is 82.3 Å². The highest BCUT2D eigenvalue weighted by Gasteiger charge is 2.26. The van der Waals surface area contributed by atoms with Gasteiger partial charge in [0.15, 0.2) is 0 Å². The molecule has 0 aromatic carbocycles. The second kappa shape index (κ2) is 9.86. The van der Waals surface area contributed by atoms with Crippen molar-refractivity contribution in [2.24, 2.45) is 7.05 Å². The first kappa shape index (κ1) is 20.6. The molecule has 2 fully saturated rings. The molecule has 2 aliphatic rings. The van der Waals surface area contributed by atoms with E-state index in [0.29, 0.717) is 38.1 Å². The number of carbonyl (C=O) groups is 2. The van der Waals surface area contributed by atoms with Crippen LogP contribution in [0.4, 0.5) is 0 Å². The van der Waals surface area contributed by atoms with Gasteiger partial charge in [-0.1, -0.05) is 6.42 Å². The number of hydrogen-bond donors (Lipinski definition) is 1. The lowest BCUT2D eigenvalue weighted by atomic mass is 9.98.